The smallest absolute Gasteiger partial charge is 0.377 e. The van der Waals surface area contributed by atoms with Crippen LogP contribution in [-0.4, -0.2) is 30.1 Å². The van der Waals surface area contributed by atoms with Crippen LogP contribution in [0.3, 0.4) is 0 Å². The zero-order valence-corrected chi connectivity index (χ0v) is 7.43. The largest absolute Gasteiger partial charge is 0.499 e. The van der Waals surface area contributed by atoms with E-state index < -0.39 is 8.80 Å². The van der Waals surface area contributed by atoms with E-state index in [0.717, 1.165) is 6.04 Å². The Morgan fingerprint density at radius 1 is 0.769 bits per heavy atom. The monoisotopic (exact) mass is 214 g/mol. The van der Waals surface area contributed by atoms with Crippen LogP contribution in [0.25, 0.3) is 0 Å². The summed E-state index contributed by atoms with van der Waals surface area (Å²) in [6.07, 6.45) is 0. The van der Waals surface area contributed by atoms with Gasteiger partial charge in [0.15, 0.2) is 0 Å². The molecular weight excluding hydrogens is 184 g/mol. The lowest BCUT2D eigenvalue weighted by molar-refractivity contribution is 0.125. The van der Waals surface area contributed by atoms with Gasteiger partial charge in [0, 0.05) is 27.4 Å². The second kappa shape index (κ2) is 14.6. The molecule has 0 aliphatic heterocycles. The lowest BCUT2D eigenvalue weighted by Crippen LogP contribution is -2.41. The first-order valence-electron chi connectivity index (χ1n) is 2.90. The van der Waals surface area contributed by atoms with Crippen LogP contribution in [-0.2, 0) is 13.3 Å². The van der Waals surface area contributed by atoms with E-state index in [1.807, 2.05) is 6.92 Å². The van der Waals surface area contributed by atoms with Crippen LogP contribution in [0.15, 0.2) is 0 Å². The Morgan fingerprint density at radius 3 is 1.00 bits per heavy atom. The van der Waals surface area contributed by atoms with Gasteiger partial charge in [-0.15, -0.1) is 0 Å². The maximum atomic E-state index is 5.08. The molecule has 0 bridgehead atoms. The molecule has 0 aliphatic carbocycles. The van der Waals surface area contributed by atoms with Crippen LogP contribution in [0, 0.1) is 0 Å². The van der Waals surface area contributed by atoms with Gasteiger partial charge in [-0.3, -0.25) is 0 Å². The fourth-order valence-electron chi connectivity index (χ4n) is 0.683. The highest BCUT2D eigenvalue weighted by atomic mass is 28.4. The molecule has 0 saturated heterocycles. The van der Waals surface area contributed by atoms with Crippen LogP contribution in [0.1, 0.15) is 36.6 Å². The van der Waals surface area contributed by atoms with Crippen LogP contribution in [0.2, 0.25) is 6.04 Å². The van der Waals surface area contributed by atoms with Crippen molar-refractivity contribution in [2.45, 2.75) is 42.7 Å². The predicted molar refractivity (Wildman–Crippen MR) is 64.2 cm³/mol. The van der Waals surface area contributed by atoms with Crippen LogP contribution < -0.4 is 0 Å². The Morgan fingerprint density at radius 2 is 1.00 bits per heavy atom. The number of rotatable bonds is 4. The molecule has 0 aliphatic rings. The summed E-state index contributed by atoms with van der Waals surface area (Å²) in [5, 5.41) is 0. The first-order chi connectivity index (χ1) is 4.24. The first kappa shape index (κ1) is 29.2. The first-order valence-corrected chi connectivity index (χ1v) is 4.83. The summed E-state index contributed by atoms with van der Waals surface area (Å²) in [5.74, 6) is 0. The molecule has 0 saturated carbocycles. The van der Waals surface area contributed by atoms with Gasteiger partial charge in [0.25, 0.3) is 0 Å². The fourth-order valence-corrected chi connectivity index (χ4v) is 2.05. The number of hydrogen-bond donors (Lipinski definition) is 0. The van der Waals surface area contributed by atoms with Crippen molar-refractivity contribution in [2.24, 2.45) is 0 Å². The van der Waals surface area contributed by atoms with Gasteiger partial charge in [0.05, 0.1) is 0 Å². The third-order valence-electron chi connectivity index (χ3n) is 1.37. The van der Waals surface area contributed by atoms with Gasteiger partial charge in [-0.2, -0.15) is 0 Å². The summed E-state index contributed by atoms with van der Waals surface area (Å²) < 4.78 is 15.2. The molecule has 0 aromatic carbocycles. The van der Waals surface area contributed by atoms with E-state index in [4.69, 9.17) is 13.3 Å². The minimum Gasteiger partial charge on any atom is -0.377 e. The van der Waals surface area contributed by atoms with Gasteiger partial charge in [-0.1, -0.05) is 36.6 Å². The molecule has 0 rings (SSSR count). The Bertz CT molecular complexity index is 57.8. The third kappa shape index (κ3) is 8.43. The van der Waals surface area contributed by atoms with Gasteiger partial charge in [-0.05, 0) is 0 Å². The van der Waals surface area contributed by atoms with Crippen LogP contribution in [0.4, 0.5) is 0 Å². The van der Waals surface area contributed by atoms with Crippen molar-refractivity contribution in [1.82, 2.24) is 0 Å². The zero-order chi connectivity index (χ0) is 7.33. The molecule has 0 aromatic heterocycles. The molecule has 88 valence electrons. The molecule has 0 atom stereocenters. The molecule has 3 nitrogen and oxygen atoms in total. The Hall–Kier alpha value is 0.0969. The molecular formula is C9H30O3Si. The van der Waals surface area contributed by atoms with E-state index in [-0.39, 0.29) is 29.7 Å². The van der Waals surface area contributed by atoms with Crippen molar-refractivity contribution in [3.8, 4) is 0 Å². The van der Waals surface area contributed by atoms with Crippen molar-refractivity contribution in [3.63, 3.8) is 0 Å². The minimum atomic E-state index is -2.19. The molecule has 0 aromatic rings. The van der Waals surface area contributed by atoms with Gasteiger partial charge in [-0.25, -0.2) is 0 Å². The lowest BCUT2D eigenvalue weighted by atomic mass is 11.0. The molecule has 4 heteroatoms. The van der Waals surface area contributed by atoms with Crippen molar-refractivity contribution in [1.29, 1.82) is 0 Å². The molecule has 0 radical (unpaired) electrons. The topological polar surface area (TPSA) is 27.7 Å². The normalized spacial score (nSPS) is 8.31. The minimum absolute atomic E-state index is 0. The highest BCUT2D eigenvalue weighted by molar-refractivity contribution is 6.60. The van der Waals surface area contributed by atoms with E-state index in [1.165, 1.54) is 0 Å². The molecule has 0 fully saturated rings. The van der Waals surface area contributed by atoms with Crippen molar-refractivity contribution in [3.05, 3.63) is 0 Å². The summed E-state index contributed by atoms with van der Waals surface area (Å²) in [5.41, 5.74) is 0. The zero-order valence-electron chi connectivity index (χ0n) is 6.43. The van der Waals surface area contributed by atoms with E-state index in [0.29, 0.717) is 0 Å². The van der Waals surface area contributed by atoms with E-state index in [1.54, 1.807) is 21.3 Å². The Balaban J connectivity index is -0.0000000533. The van der Waals surface area contributed by atoms with Crippen molar-refractivity contribution < 1.29 is 13.3 Å². The van der Waals surface area contributed by atoms with Gasteiger partial charge in [0.2, 0.25) is 0 Å². The summed E-state index contributed by atoms with van der Waals surface area (Å²) >= 11 is 0. The highest BCUT2D eigenvalue weighted by Gasteiger charge is 2.34. The summed E-state index contributed by atoms with van der Waals surface area (Å²) in [4.78, 5) is 0. The molecule has 0 unspecified atom stereocenters. The van der Waals surface area contributed by atoms with E-state index in [2.05, 4.69) is 0 Å². The summed E-state index contributed by atoms with van der Waals surface area (Å²) in [6, 6.07) is 0.816. The van der Waals surface area contributed by atoms with Crippen LogP contribution in [0.5, 0.6) is 0 Å². The predicted octanol–water partition coefficient (Wildman–Crippen LogP) is 3.43. The summed E-state index contributed by atoms with van der Waals surface area (Å²) in [7, 11) is 2.65. The average molecular weight is 214 g/mol. The molecule has 0 N–H and O–H groups in total. The Kier molecular flexibility index (Phi) is 32.9. The van der Waals surface area contributed by atoms with Gasteiger partial charge >= 0.3 is 8.80 Å². The molecule has 0 amide bonds. The standard InChI is InChI=1S/C5H14O3Si.4CH4/c1-5-9(6-2,7-3)8-4;;;;/h5H2,1-4H3;4*1H4. The molecule has 13 heavy (non-hydrogen) atoms. The average Bonchev–Trinajstić information content (AvgIpc) is 1.95. The van der Waals surface area contributed by atoms with Crippen molar-refractivity contribution in [2.75, 3.05) is 21.3 Å². The summed E-state index contributed by atoms with van der Waals surface area (Å²) in [6.45, 7) is 1.99. The second-order valence-corrected chi connectivity index (χ2v) is 4.95. The maximum absolute atomic E-state index is 5.08. The maximum Gasteiger partial charge on any atom is 0.499 e. The van der Waals surface area contributed by atoms with Gasteiger partial charge in [0.1, 0.15) is 0 Å². The Labute approximate surface area is 86.8 Å². The quantitative estimate of drug-likeness (QED) is 0.671. The van der Waals surface area contributed by atoms with E-state index >= 15 is 0 Å². The molecule has 0 spiro atoms. The lowest BCUT2D eigenvalue weighted by Gasteiger charge is -2.22. The van der Waals surface area contributed by atoms with Crippen molar-refractivity contribution >= 4 is 8.80 Å². The van der Waals surface area contributed by atoms with E-state index in [9.17, 15) is 0 Å². The SMILES string of the molecule is C.C.C.C.CC[Si](OC)(OC)OC. The molecule has 0 heterocycles. The van der Waals surface area contributed by atoms with Gasteiger partial charge < -0.3 is 13.3 Å². The highest BCUT2D eigenvalue weighted by Crippen LogP contribution is 2.10. The third-order valence-corrected chi connectivity index (χ3v) is 4.10. The van der Waals surface area contributed by atoms with Crippen LogP contribution >= 0.6 is 0 Å². The second-order valence-electron chi connectivity index (χ2n) is 1.65. The fraction of sp³-hybridized carbons (Fsp3) is 1.00. The number of hydrogen-bond acceptors (Lipinski definition) is 3.